The van der Waals surface area contributed by atoms with E-state index in [4.69, 9.17) is 11.6 Å². The smallest absolute Gasteiger partial charge is 0.243 e. The number of rotatable bonds is 5. The maximum atomic E-state index is 13.2. The summed E-state index contributed by atoms with van der Waals surface area (Å²) in [7, 11) is -3.62. The van der Waals surface area contributed by atoms with E-state index >= 15 is 0 Å². The third kappa shape index (κ3) is 4.40. The van der Waals surface area contributed by atoms with Crippen LogP contribution in [0.3, 0.4) is 0 Å². The zero-order valence-electron chi connectivity index (χ0n) is 20.2. The van der Waals surface area contributed by atoms with E-state index in [1.165, 1.54) is 21.3 Å². The number of sulfonamides is 1. The Labute approximate surface area is 224 Å². The van der Waals surface area contributed by atoms with Crippen molar-refractivity contribution in [2.24, 2.45) is 0 Å². The maximum absolute atomic E-state index is 13.2. The van der Waals surface area contributed by atoms with Gasteiger partial charge >= 0.3 is 0 Å². The molecule has 0 bridgehead atoms. The van der Waals surface area contributed by atoms with Crippen molar-refractivity contribution in [1.29, 1.82) is 0 Å². The third-order valence-electron chi connectivity index (χ3n) is 6.64. The molecule has 0 aliphatic carbocycles. The second kappa shape index (κ2) is 9.79. The summed E-state index contributed by atoms with van der Waals surface area (Å²) in [4.78, 5) is 17.6. The van der Waals surface area contributed by atoms with Gasteiger partial charge in [0.1, 0.15) is 0 Å². The number of piperidine rings is 1. The van der Waals surface area contributed by atoms with Gasteiger partial charge in [-0.1, -0.05) is 24.1 Å². The minimum absolute atomic E-state index is 0.174. The van der Waals surface area contributed by atoms with Gasteiger partial charge in [0.2, 0.25) is 15.5 Å². The Hall–Kier alpha value is -3.86. The van der Waals surface area contributed by atoms with Gasteiger partial charge in [-0.2, -0.15) is 14.5 Å². The highest BCUT2D eigenvalue weighted by Gasteiger charge is 2.26. The molecule has 1 aliphatic rings. The predicted molar refractivity (Wildman–Crippen MR) is 145 cm³/mol. The molecule has 4 heterocycles. The average molecular weight is 547 g/mol. The summed E-state index contributed by atoms with van der Waals surface area (Å²) < 4.78 is 31.1. The van der Waals surface area contributed by atoms with Gasteiger partial charge in [-0.25, -0.2) is 17.8 Å². The van der Waals surface area contributed by atoms with Crippen LogP contribution in [-0.4, -0.2) is 50.4 Å². The van der Waals surface area contributed by atoms with E-state index in [9.17, 15) is 13.2 Å². The second-order valence-electron chi connectivity index (χ2n) is 9.06. The Morgan fingerprint density at radius 1 is 0.895 bits per heavy atom. The van der Waals surface area contributed by atoms with Gasteiger partial charge < -0.3 is 0 Å². The van der Waals surface area contributed by atoms with E-state index in [-0.39, 0.29) is 16.0 Å². The first-order valence-corrected chi connectivity index (χ1v) is 14.0. The normalized spacial score (nSPS) is 14.7. The van der Waals surface area contributed by atoms with Crippen LogP contribution in [0.5, 0.6) is 0 Å². The number of fused-ring (bicyclic) bond motifs is 1. The van der Waals surface area contributed by atoms with Gasteiger partial charge in [-0.05, 0) is 61.4 Å². The Kier molecular flexibility index (Phi) is 6.30. The molecule has 0 atom stereocenters. The number of hydrogen-bond donors (Lipinski definition) is 0. The minimum atomic E-state index is -3.62. The van der Waals surface area contributed by atoms with Crippen molar-refractivity contribution in [3.05, 3.63) is 94.5 Å². The minimum Gasteiger partial charge on any atom is -0.287 e. The van der Waals surface area contributed by atoms with Crippen molar-refractivity contribution < 1.29 is 8.42 Å². The number of halogens is 1. The Bertz CT molecular complexity index is 1830. The SMILES string of the molecule is O=c1ccn(-c2cccc(S(=O)(=O)N3CCCCC3)c2)nc1-c1ccnn1-c1ccnc2cc(Cl)ccc12. The molecular formula is C27H23ClN6O3S. The molecule has 0 radical (unpaired) electrons. The fourth-order valence-electron chi connectivity index (χ4n) is 4.74. The first-order chi connectivity index (χ1) is 18.4. The van der Waals surface area contributed by atoms with Crippen molar-refractivity contribution in [1.82, 2.24) is 28.9 Å². The quantitative estimate of drug-likeness (QED) is 0.322. The molecule has 0 N–H and O–H groups in total. The molecule has 1 aliphatic heterocycles. The van der Waals surface area contributed by atoms with Crippen LogP contribution in [0, 0.1) is 0 Å². The lowest BCUT2D eigenvalue weighted by Gasteiger charge is -2.26. The van der Waals surface area contributed by atoms with Crippen LogP contribution in [-0.2, 0) is 10.0 Å². The summed E-state index contributed by atoms with van der Waals surface area (Å²) in [6.07, 6.45) is 7.54. The van der Waals surface area contributed by atoms with E-state index in [2.05, 4.69) is 15.2 Å². The molecule has 1 saturated heterocycles. The number of hydrogen-bond acceptors (Lipinski definition) is 6. The van der Waals surface area contributed by atoms with Gasteiger partial charge in [0, 0.05) is 42.0 Å². The summed E-state index contributed by atoms with van der Waals surface area (Å²) >= 11 is 6.15. The van der Waals surface area contributed by atoms with Gasteiger partial charge in [0.25, 0.3) is 0 Å². The molecule has 6 rings (SSSR count). The maximum Gasteiger partial charge on any atom is 0.243 e. The summed E-state index contributed by atoms with van der Waals surface area (Å²) in [6, 6.07) is 17.0. The molecule has 2 aromatic carbocycles. The molecule has 0 amide bonds. The van der Waals surface area contributed by atoms with Crippen LogP contribution < -0.4 is 5.43 Å². The Balaban J connectivity index is 1.42. The molecule has 9 nitrogen and oxygen atoms in total. The topological polar surface area (TPSA) is 103 Å². The van der Waals surface area contributed by atoms with E-state index in [0.717, 1.165) is 30.3 Å². The number of benzene rings is 2. The first kappa shape index (κ1) is 24.5. The Morgan fingerprint density at radius 3 is 2.58 bits per heavy atom. The molecule has 11 heteroatoms. The number of pyridine rings is 1. The fourth-order valence-corrected chi connectivity index (χ4v) is 6.46. The van der Waals surface area contributed by atoms with Crippen molar-refractivity contribution >= 4 is 32.5 Å². The van der Waals surface area contributed by atoms with Crippen LogP contribution in [0.2, 0.25) is 5.02 Å². The molecule has 0 spiro atoms. The average Bonchev–Trinajstić information content (AvgIpc) is 3.43. The van der Waals surface area contributed by atoms with Crippen LogP contribution >= 0.6 is 11.6 Å². The molecule has 1 fully saturated rings. The van der Waals surface area contributed by atoms with Crippen LogP contribution in [0.1, 0.15) is 19.3 Å². The van der Waals surface area contributed by atoms with Crippen molar-refractivity contribution in [2.75, 3.05) is 13.1 Å². The number of aromatic nitrogens is 5. The van der Waals surface area contributed by atoms with Crippen LogP contribution in [0.25, 0.3) is 33.7 Å². The second-order valence-corrected chi connectivity index (χ2v) is 11.4. The molecule has 0 saturated carbocycles. The van der Waals surface area contributed by atoms with E-state index in [1.807, 2.05) is 12.1 Å². The summed E-state index contributed by atoms with van der Waals surface area (Å²) in [5.74, 6) is 0. The molecule has 38 heavy (non-hydrogen) atoms. The molecule has 5 aromatic rings. The van der Waals surface area contributed by atoms with Crippen LogP contribution in [0.4, 0.5) is 0 Å². The van der Waals surface area contributed by atoms with Crippen molar-refractivity contribution in [3.63, 3.8) is 0 Å². The van der Waals surface area contributed by atoms with Crippen LogP contribution in [0.15, 0.2) is 88.9 Å². The summed E-state index contributed by atoms with van der Waals surface area (Å²) in [5, 5.41) is 10.4. The highest BCUT2D eigenvalue weighted by molar-refractivity contribution is 7.89. The fraction of sp³-hybridized carbons (Fsp3) is 0.185. The standard InChI is InChI=1S/C27H23ClN6O3S/c28-19-7-8-22-23(17-19)29-12-9-24(22)34-25(10-13-30-34)27-26(35)11-16-33(31-27)20-5-4-6-21(18-20)38(36,37)32-14-2-1-3-15-32/h4-13,16-18H,1-3,14-15H2. The summed E-state index contributed by atoms with van der Waals surface area (Å²) in [6.45, 7) is 1.04. The van der Waals surface area contributed by atoms with Gasteiger partial charge in [0.15, 0.2) is 5.69 Å². The lowest BCUT2D eigenvalue weighted by Crippen LogP contribution is -2.35. The van der Waals surface area contributed by atoms with E-state index in [0.29, 0.717) is 35.0 Å². The van der Waals surface area contributed by atoms with E-state index in [1.54, 1.807) is 59.5 Å². The van der Waals surface area contributed by atoms with E-state index < -0.39 is 10.0 Å². The van der Waals surface area contributed by atoms with Gasteiger partial charge in [0.05, 0.1) is 33.7 Å². The third-order valence-corrected chi connectivity index (χ3v) is 8.77. The molecular weight excluding hydrogens is 524 g/mol. The number of nitrogens with zero attached hydrogens (tertiary/aromatic N) is 6. The highest BCUT2D eigenvalue weighted by Crippen LogP contribution is 2.27. The molecule has 0 unspecified atom stereocenters. The lowest BCUT2D eigenvalue weighted by molar-refractivity contribution is 0.346. The lowest BCUT2D eigenvalue weighted by atomic mass is 10.2. The van der Waals surface area contributed by atoms with Crippen molar-refractivity contribution in [2.45, 2.75) is 24.2 Å². The zero-order chi connectivity index (χ0) is 26.3. The largest absolute Gasteiger partial charge is 0.287 e. The van der Waals surface area contributed by atoms with Gasteiger partial charge in [-0.3, -0.25) is 9.78 Å². The van der Waals surface area contributed by atoms with Gasteiger partial charge in [-0.15, -0.1) is 0 Å². The molecule has 192 valence electrons. The monoisotopic (exact) mass is 546 g/mol. The predicted octanol–water partition coefficient (Wildman–Crippen LogP) is 4.46. The molecule has 3 aromatic heterocycles. The summed E-state index contributed by atoms with van der Waals surface area (Å²) in [5.41, 5.74) is 2.32. The zero-order valence-corrected chi connectivity index (χ0v) is 21.8. The first-order valence-electron chi connectivity index (χ1n) is 12.2. The Morgan fingerprint density at radius 2 is 1.74 bits per heavy atom. The highest BCUT2D eigenvalue weighted by atomic mass is 35.5. The van der Waals surface area contributed by atoms with Crippen molar-refractivity contribution in [3.8, 4) is 22.8 Å².